The first kappa shape index (κ1) is 29.6. The van der Waals surface area contributed by atoms with E-state index in [1.54, 1.807) is 10.9 Å². The molecule has 2 aliphatic rings. The van der Waals surface area contributed by atoms with E-state index in [0.717, 1.165) is 25.9 Å². The van der Waals surface area contributed by atoms with Gasteiger partial charge in [0.15, 0.2) is 23.2 Å². The number of hydrogen-bond acceptors (Lipinski definition) is 10. The number of rotatable bonds is 11. The van der Waals surface area contributed by atoms with Crippen molar-refractivity contribution < 1.29 is 19.7 Å². The van der Waals surface area contributed by atoms with Gasteiger partial charge in [-0.2, -0.15) is 0 Å². The molecule has 2 aromatic carbocycles. The smallest absolute Gasteiger partial charge is 0.168 e. The van der Waals surface area contributed by atoms with Crippen molar-refractivity contribution >= 4 is 17.0 Å². The van der Waals surface area contributed by atoms with Gasteiger partial charge in [0.1, 0.15) is 24.1 Å². The van der Waals surface area contributed by atoms with Crippen LogP contribution in [0.25, 0.3) is 11.2 Å². The standard InChI is InChI=1S/C32H41N7O4/c1-38-15-13-23(14-16-38)33-18-26-36-30(34-17-24(21-9-5-3-6-10-21)22-11-7-4-8-12-22)27-31(37-26)39(20-35-27)32-29(41)28(40)25(43-32)19-42-2/h3-12,20,23-25,28-29,32-33,40-41H,13-19H2,1-2H3,(H,34,36,37). The molecule has 2 aromatic heterocycles. The van der Waals surface area contributed by atoms with Crippen molar-refractivity contribution in [2.24, 2.45) is 0 Å². The van der Waals surface area contributed by atoms with Gasteiger partial charge in [0, 0.05) is 25.6 Å². The first-order chi connectivity index (χ1) is 21.0. The van der Waals surface area contributed by atoms with E-state index in [0.29, 0.717) is 41.9 Å². The minimum absolute atomic E-state index is 0.0836. The quantitative estimate of drug-likeness (QED) is 0.208. The molecular formula is C32H41N7O4. The molecule has 0 aliphatic carbocycles. The lowest BCUT2D eigenvalue weighted by molar-refractivity contribution is -0.0580. The Morgan fingerprint density at radius 2 is 1.65 bits per heavy atom. The molecule has 0 spiro atoms. The van der Waals surface area contributed by atoms with Gasteiger partial charge in [0.25, 0.3) is 0 Å². The minimum Gasteiger partial charge on any atom is -0.387 e. The maximum absolute atomic E-state index is 10.9. The zero-order chi connectivity index (χ0) is 29.8. The molecule has 228 valence electrons. The van der Waals surface area contributed by atoms with Gasteiger partial charge in [-0.05, 0) is 44.1 Å². The second-order valence-electron chi connectivity index (χ2n) is 11.5. The lowest BCUT2D eigenvalue weighted by atomic mass is 9.91. The summed E-state index contributed by atoms with van der Waals surface area (Å²) in [5.41, 5.74) is 3.50. The van der Waals surface area contributed by atoms with Gasteiger partial charge < -0.3 is 35.2 Å². The predicted molar refractivity (Wildman–Crippen MR) is 164 cm³/mol. The summed E-state index contributed by atoms with van der Waals surface area (Å²) in [6.07, 6.45) is -0.0451. The van der Waals surface area contributed by atoms with E-state index in [1.165, 1.54) is 18.2 Å². The Balaban J connectivity index is 1.32. The highest BCUT2D eigenvalue weighted by molar-refractivity contribution is 5.83. The van der Waals surface area contributed by atoms with Gasteiger partial charge >= 0.3 is 0 Å². The molecule has 2 saturated heterocycles. The van der Waals surface area contributed by atoms with Gasteiger partial charge in [0.2, 0.25) is 0 Å². The zero-order valence-electron chi connectivity index (χ0n) is 24.7. The van der Waals surface area contributed by atoms with Crippen LogP contribution in [0.5, 0.6) is 0 Å². The molecule has 0 bridgehead atoms. The molecule has 0 radical (unpaired) electrons. The first-order valence-electron chi connectivity index (χ1n) is 15.0. The molecule has 4 aromatic rings. The second kappa shape index (κ2) is 13.5. The largest absolute Gasteiger partial charge is 0.387 e. The Morgan fingerprint density at radius 3 is 2.30 bits per heavy atom. The number of hydrogen-bond donors (Lipinski definition) is 4. The van der Waals surface area contributed by atoms with E-state index < -0.39 is 24.5 Å². The number of aliphatic hydroxyl groups is 2. The third-order valence-electron chi connectivity index (χ3n) is 8.55. The molecule has 0 amide bonds. The Kier molecular flexibility index (Phi) is 9.27. The van der Waals surface area contributed by atoms with E-state index in [1.807, 2.05) is 12.1 Å². The van der Waals surface area contributed by atoms with E-state index in [2.05, 4.69) is 76.1 Å². The monoisotopic (exact) mass is 587 g/mol. The normalized spacial score (nSPS) is 23.4. The third kappa shape index (κ3) is 6.57. The lowest BCUT2D eigenvalue weighted by Gasteiger charge is -2.29. The van der Waals surface area contributed by atoms with Gasteiger partial charge in [-0.1, -0.05) is 60.7 Å². The van der Waals surface area contributed by atoms with Crippen molar-refractivity contribution in [3.63, 3.8) is 0 Å². The fraction of sp³-hybridized carbons (Fsp3) is 0.469. The Bertz CT molecular complexity index is 1420. The van der Waals surface area contributed by atoms with E-state index in [9.17, 15) is 10.2 Å². The number of nitrogens with zero attached hydrogens (tertiary/aromatic N) is 5. The van der Waals surface area contributed by atoms with Crippen molar-refractivity contribution in [3.05, 3.63) is 83.9 Å². The minimum atomic E-state index is -1.16. The topological polar surface area (TPSA) is 130 Å². The molecule has 4 unspecified atom stereocenters. The van der Waals surface area contributed by atoms with Gasteiger partial charge in [-0.15, -0.1) is 0 Å². The molecule has 43 heavy (non-hydrogen) atoms. The van der Waals surface area contributed by atoms with Gasteiger partial charge in [0.05, 0.1) is 19.5 Å². The molecule has 2 aliphatic heterocycles. The summed E-state index contributed by atoms with van der Waals surface area (Å²) in [6.45, 7) is 3.36. The van der Waals surface area contributed by atoms with Crippen LogP contribution >= 0.6 is 0 Å². The van der Waals surface area contributed by atoms with Crippen LogP contribution in [-0.4, -0.2) is 99.4 Å². The number of imidazole rings is 1. The third-order valence-corrected chi connectivity index (χ3v) is 8.55. The number of ether oxygens (including phenoxy) is 2. The average molecular weight is 588 g/mol. The number of methoxy groups -OCH3 is 1. The highest BCUT2D eigenvalue weighted by Crippen LogP contribution is 2.33. The Hall–Kier alpha value is -3.45. The summed E-state index contributed by atoms with van der Waals surface area (Å²) in [7, 11) is 3.69. The van der Waals surface area contributed by atoms with Crippen LogP contribution in [0, 0.1) is 0 Å². The second-order valence-corrected chi connectivity index (χ2v) is 11.5. The van der Waals surface area contributed by atoms with Crippen LogP contribution in [0.4, 0.5) is 5.82 Å². The summed E-state index contributed by atoms with van der Waals surface area (Å²) >= 11 is 0. The number of nitrogens with one attached hydrogen (secondary N) is 2. The lowest BCUT2D eigenvalue weighted by Crippen LogP contribution is -2.40. The van der Waals surface area contributed by atoms with Gasteiger partial charge in [-0.25, -0.2) is 15.0 Å². The van der Waals surface area contributed by atoms with Crippen LogP contribution < -0.4 is 10.6 Å². The number of fused-ring (bicyclic) bond motifs is 1. The number of aliphatic hydroxyl groups excluding tert-OH is 2. The number of aromatic nitrogens is 4. The Morgan fingerprint density at radius 1 is 0.977 bits per heavy atom. The van der Waals surface area contributed by atoms with Crippen molar-refractivity contribution in [2.75, 3.05) is 45.7 Å². The van der Waals surface area contributed by atoms with E-state index >= 15 is 0 Å². The number of likely N-dealkylation sites (tertiary alicyclic amines) is 1. The molecule has 4 atom stereocenters. The number of piperidine rings is 1. The number of anilines is 1. The fourth-order valence-corrected chi connectivity index (χ4v) is 6.06. The maximum Gasteiger partial charge on any atom is 0.168 e. The predicted octanol–water partition coefficient (Wildman–Crippen LogP) is 2.52. The van der Waals surface area contributed by atoms with Crippen LogP contribution in [0.15, 0.2) is 67.0 Å². The highest BCUT2D eigenvalue weighted by atomic mass is 16.6. The Labute approximate surface area is 251 Å². The van der Waals surface area contributed by atoms with Crippen molar-refractivity contribution in [1.82, 2.24) is 29.7 Å². The molecular weight excluding hydrogens is 546 g/mol. The maximum atomic E-state index is 10.9. The fourth-order valence-electron chi connectivity index (χ4n) is 6.06. The van der Waals surface area contributed by atoms with Crippen molar-refractivity contribution in [3.8, 4) is 0 Å². The van der Waals surface area contributed by atoms with Gasteiger partial charge in [-0.3, -0.25) is 4.57 Å². The molecule has 2 fully saturated rings. The zero-order valence-corrected chi connectivity index (χ0v) is 24.7. The van der Waals surface area contributed by atoms with Crippen molar-refractivity contribution in [1.29, 1.82) is 0 Å². The van der Waals surface area contributed by atoms with E-state index in [4.69, 9.17) is 19.4 Å². The first-order valence-corrected chi connectivity index (χ1v) is 15.0. The molecule has 0 saturated carbocycles. The molecule has 4 heterocycles. The summed E-state index contributed by atoms with van der Waals surface area (Å²) in [6, 6.07) is 21.2. The number of benzene rings is 2. The highest BCUT2D eigenvalue weighted by Gasteiger charge is 2.44. The molecule has 11 nitrogen and oxygen atoms in total. The van der Waals surface area contributed by atoms with Crippen LogP contribution in [0.1, 0.15) is 41.9 Å². The van der Waals surface area contributed by atoms with Crippen LogP contribution in [0.3, 0.4) is 0 Å². The van der Waals surface area contributed by atoms with Crippen LogP contribution in [-0.2, 0) is 16.0 Å². The van der Waals surface area contributed by atoms with Crippen LogP contribution in [0.2, 0.25) is 0 Å². The average Bonchev–Trinajstić information content (AvgIpc) is 3.58. The summed E-state index contributed by atoms with van der Waals surface area (Å²) in [5.74, 6) is 1.32. The molecule has 4 N–H and O–H groups in total. The summed E-state index contributed by atoms with van der Waals surface area (Å²) < 4.78 is 12.9. The molecule has 6 rings (SSSR count). The SMILES string of the molecule is COCC1OC(n2cnc3c(NCC(c4ccccc4)c4ccccc4)nc(CNC4CCN(C)CC4)nc32)C(O)C1O. The molecule has 11 heteroatoms. The van der Waals surface area contributed by atoms with E-state index in [-0.39, 0.29) is 12.5 Å². The summed E-state index contributed by atoms with van der Waals surface area (Å²) in [4.78, 5) is 16.8. The summed E-state index contributed by atoms with van der Waals surface area (Å²) in [5, 5.41) is 28.7. The van der Waals surface area contributed by atoms with Crippen molar-refractivity contribution in [2.45, 2.75) is 55.9 Å².